The van der Waals surface area contributed by atoms with Crippen LogP contribution in [0.25, 0.3) is 17.1 Å². The summed E-state index contributed by atoms with van der Waals surface area (Å²) in [6.07, 6.45) is 3.42. The predicted molar refractivity (Wildman–Crippen MR) is 126 cm³/mol. The number of aryl methyl sites for hydroxylation is 1. The molecule has 3 aromatic rings. The summed E-state index contributed by atoms with van der Waals surface area (Å²) in [7, 11) is 1.63. The molecule has 7 heteroatoms. The second kappa shape index (κ2) is 10.6. The average Bonchev–Trinajstić information content (AvgIpc) is 3.21. The number of amides is 1. The maximum atomic E-state index is 12.7. The van der Waals surface area contributed by atoms with E-state index >= 15 is 0 Å². The first-order valence-corrected chi connectivity index (χ1v) is 10.9. The first-order chi connectivity index (χ1) is 15.1. The van der Waals surface area contributed by atoms with Crippen LogP contribution in [-0.4, -0.2) is 51.5 Å². The lowest BCUT2D eigenvalue weighted by atomic mass is 10.1. The zero-order valence-electron chi connectivity index (χ0n) is 17.8. The molecule has 31 heavy (non-hydrogen) atoms. The molecule has 0 radical (unpaired) electrons. The topological polar surface area (TPSA) is 60.3 Å². The van der Waals surface area contributed by atoms with Crippen molar-refractivity contribution >= 4 is 17.7 Å². The van der Waals surface area contributed by atoms with Crippen LogP contribution in [0.3, 0.4) is 0 Å². The van der Waals surface area contributed by atoms with E-state index < -0.39 is 0 Å². The minimum atomic E-state index is -0.0119. The van der Waals surface area contributed by atoms with Crippen molar-refractivity contribution in [1.29, 1.82) is 0 Å². The van der Waals surface area contributed by atoms with Crippen LogP contribution in [0.1, 0.15) is 5.56 Å². The Bertz CT molecular complexity index is 1050. The van der Waals surface area contributed by atoms with Crippen LogP contribution in [0.15, 0.2) is 79.0 Å². The molecule has 2 aromatic carbocycles. The van der Waals surface area contributed by atoms with Gasteiger partial charge in [-0.25, -0.2) is 0 Å². The Morgan fingerprint density at radius 1 is 1.10 bits per heavy atom. The van der Waals surface area contributed by atoms with Gasteiger partial charge in [-0.2, -0.15) is 0 Å². The van der Waals surface area contributed by atoms with Gasteiger partial charge in [-0.1, -0.05) is 53.7 Å². The van der Waals surface area contributed by atoms with E-state index in [0.717, 1.165) is 16.8 Å². The van der Waals surface area contributed by atoms with Gasteiger partial charge < -0.3 is 9.64 Å². The summed E-state index contributed by atoms with van der Waals surface area (Å²) in [6.45, 7) is 10.4. The predicted octanol–water partition coefficient (Wildman–Crippen LogP) is 4.54. The smallest absolute Gasteiger partial charge is 0.233 e. The first-order valence-electron chi connectivity index (χ1n) is 9.87. The van der Waals surface area contributed by atoms with Gasteiger partial charge in [0.1, 0.15) is 5.75 Å². The van der Waals surface area contributed by atoms with Crippen LogP contribution in [0.4, 0.5) is 0 Å². The summed E-state index contributed by atoms with van der Waals surface area (Å²) < 4.78 is 7.49. The molecule has 0 aliphatic heterocycles. The van der Waals surface area contributed by atoms with E-state index in [2.05, 4.69) is 23.4 Å². The summed E-state index contributed by atoms with van der Waals surface area (Å²) in [6, 6.07) is 15.8. The zero-order valence-corrected chi connectivity index (χ0v) is 18.6. The van der Waals surface area contributed by atoms with Crippen molar-refractivity contribution in [3.8, 4) is 22.8 Å². The maximum absolute atomic E-state index is 12.7. The number of para-hydroxylation sites is 1. The average molecular weight is 435 g/mol. The standard InChI is InChI=1S/C24H26N4O2S/c1-5-15-27(16-6-2)22(29)17-31-24-26-25-23(20-9-7-8-10-21(20)30-4)28(24)19-13-11-18(3)12-14-19/h5-14H,1-2,15-17H2,3-4H3. The molecule has 0 fully saturated rings. The fraction of sp³-hybridized carbons (Fsp3) is 0.208. The maximum Gasteiger partial charge on any atom is 0.233 e. The highest BCUT2D eigenvalue weighted by Gasteiger charge is 2.20. The van der Waals surface area contributed by atoms with Gasteiger partial charge in [-0.05, 0) is 31.2 Å². The monoisotopic (exact) mass is 434 g/mol. The van der Waals surface area contributed by atoms with Crippen LogP contribution >= 0.6 is 11.8 Å². The van der Waals surface area contributed by atoms with Gasteiger partial charge in [-0.3, -0.25) is 9.36 Å². The van der Waals surface area contributed by atoms with Gasteiger partial charge in [-0.15, -0.1) is 23.4 Å². The van der Waals surface area contributed by atoms with Gasteiger partial charge in [0.25, 0.3) is 0 Å². The Balaban J connectivity index is 1.98. The van der Waals surface area contributed by atoms with Crippen molar-refractivity contribution in [3.05, 3.63) is 79.4 Å². The zero-order chi connectivity index (χ0) is 22.2. The Morgan fingerprint density at radius 3 is 2.42 bits per heavy atom. The number of benzene rings is 2. The minimum absolute atomic E-state index is 0.0119. The largest absolute Gasteiger partial charge is 0.496 e. The molecule has 1 aromatic heterocycles. The molecule has 0 atom stereocenters. The third-order valence-electron chi connectivity index (χ3n) is 4.65. The van der Waals surface area contributed by atoms with Crippen LogP contribution < -0.4 is 4.74 Å². The summed E-state index contributed by atoms with van der Waals surface area (Å²) in [5.41, 5.74) is 2.90. The third kappa shape index (κ3) is 5.24. The molecule has 0 bridgehead atoms. The highest BCUT2D eigenvalue weighted by Crippen LogP contribution is 2.33. The van der Waals surface area contributed by atoms with Crippen molar-refractivity contribution in [2.45, 2.75) is 12.1 Å². The number of aromatic nitrogens is 3. The molecule has 0 saturated carbocycles. The van der Waals surface area contributed by atoms with Crippen LogP contribution in [-0.2, 0) is 4.79 Å². The molecule has 0 aliphatic carbocycles. The number of hydrogen-bond acceptors (Lipinski definition) is 5. The molecule has 160 valence electrons. The summed E-state index contributed by atoms with van der Waals surface area (Å²) in [5.74, 6) is 1.59. The minimum Gasteiger partial charge on any atom is -0.496 e. The van der Waals surface area contributed by atoms with Gasteiger partial charge in [0.2, 0.25) is 5.91 Å². The molecule has 0 unspecified atom stereocenters. The Kier molecular flexibility index (Phi) is 7.67. The molecule has 1 amide bonds. The fourth-order valence-electron chi connectivity index (χ4n) is 3.10. The number of nitrogens with zero attached hydrogens (tertiary/aromatic N) is 4. The lowest BCUT2D eigenvalue weighted by Gasteiger charge is -2.19. The number of rotatable bonds is 10. The SMILES string of the molecule is C=CCN(CC=C)C(=O)CSc1nnc(-c2ccccc2OC)n1-c1ccc(C)cc1. The summed E-state index contributed by atoms with van der Waals surface area (Å²) in [5, 5.41) is 9.48. The van der Waals surface area contributed by atoms with Gasteiger partial charge in [0.15, 0.2) is 11.0 Å². The van der Waals surface area contributed by atoms with E-state index in [0.29, 0.717) is 29.8 Å². The van der Waals surface area contributed by atoms with Gasteiger partial charge in [0.05, 0.1) is 18.4 Å². The normalized spacial score (nSPS) is 10.5. The van der Waals surface area contributed by atoms with E-state index in [4.69, 9.17) is 4.74 Å². The van der Waals surface area contributed by atoms with Crippen molar-refractivity contribution in [2.24, 2.45) is 0 Å². The van der Waals surface area contributed by atoms with Crippen molar-refractivity contribution in [3.63, 3.8) is 0 Å². The molecule has 3 rings (SSSR count). The second-order valence-electron chi connectivity index (χ2n) is 6.84. The number of ether oxygens (including phenoxy) is 1. The van der Waals surface area contributed by atoms with Crippen molar-refractivity contribution in [2.75, 3.05) is 26.0 Å². The molecule has 0 spiro atoms. The number of carbonyl (C=O) groups excluding carboxylic acids is 1. The lowest BCUT2D eigenvalue weighted by Crippen LogP contribution is -2.32. The summed E-state index contributed by atoms with van der Waals surface area (Å²) in [4.78, 5) is 14.4. The molecule has 0 N–H and O–H groups in total. The Labute approximate surface area is 187 Å². The van der Waals surface area contributed by atoms with Crippen LogP contribution in [0.5, 0.6) is 5.75 Å². The Morgan fingerprint density at radius 2 is 1.77 bits per heavy atom. The number of hydrogen-bond donors (Lipinski definition) is 0. The highest BCUT2D eigenvalue weighted by molar-refractivity contribution is 7.99. The molecular weight excluding hydrogens is 408 g/mol. The quantitative estimate of drug-likeness (QED) is 0.346. The van der Waals surface area contributed by atoms with Gasteiger partial charge in [0, 0.05) is 18.8 Å². The molecule has 0 aliphatic rings. The van der Waals surface area contributed by atoms with Crippen LogP contribution in [0.2, 0.25) is 0 Å². The molecule has 6 nitrogen and oxygen atoms in total. The Hall–Kier alpha value is -3.32. The van der Waals surface area contributed by atoms with E-state index in [1.54, 1.807) is 24.2 Å². The van der Waals surface area contributed by atoms with Crippen molar-refractivity contribution in [1.82, 2.24) is 19.7 Å². The molecule has 0 saturated heterocycles. The lowest BCUT2D eigenvalue weighted by molar-refractivity contribution is -0.127. The summed E-state index contributed by atoms with van der Waals surface area (Å²) >= 11 is 1.35. The van der Waals surface area contributed by atoms with Crippen molar-refractivity contribution < 1.29 is 9.53 Å². The van der Waals surface area contributed by atoms with E-state index in [1.165, 1.54) is 11.8 Å². The van der Waals surface area contributed by atoms with Gasteiger partial charge >= 0.3 is 0 Å². The number of carbonyl (C=O) groups is 1. The molecule has 1 heterocycles. The van der Waals surface area contributed by atoms with E-state index in [1.807, 2.05) is 60.0 Å². The molecular formula is C24H26N4O2S. The highest BCUT2D eigenvalue weighted by atomic mass is 32.2. The second-order valence-corrected chi connectivity index (χ2v) is 7.78. The van der Waals surface area contributed by atoms with Crippen LogP contribution in [0, 0.1) is 6.92 Å². The fourth-order valence-corrected chi connectivity index (χ4v) is 3.96. The number of methoxy groups -OCH3 is 1. The van der Waals surface area contributed by atoms with E-state index in [-0.39, 0.29) is 11.7 Å². The first kappa shape index (κ1) is 22.4. The third-order valence-corrected chi connectivity index (χ3v) is 5.56. The van der Waals surface area contributed by atoms with E-state index in [9.17, 15) is 4.79 Å². The number of thioether (sulfide) groups is 1.